The summed E-state index contributed by atoms with van der Waals surface area (Å²) in [5.41, 5.74) is -2.81. The van der Waals surface area contributed by atoms with E-state index in [-0.39, 0.29) is 17.1 Å². The van der Waals surface area contributed by atoms with Crippen LogP contribution in [-0.4, -0.2) is 35.1 Å². The van der Waals surface area contributed by atoms with Crippen molar-refractivity contribution >= 4 is 11.9 Å². The molecule has 1 N–H and O–H groups in total. The number of hydrogen-bond acceptors (Lipinski definition) is 5. The number of imide groups is 1. The fourth-order valence-electron chi connectivity index (χ4n) is 3.37. The van der Waals surface area contributed by atoms with Crippen molar-refractivity contribution in [3.8, 4) is 17.2 Å². The van der Waals surface area contributed by atoms with Crippen molar-refractivity contribution in [3.05, 3.63) is 72.1 Å². The van der Waals surface area contributed by atoms with E-state index in [4.69, 9.17) is 9.15 Å². The van der Waals surface area contributed by atoms with Gasteiger partial charge in [0.2, 0.25) is 11.4 Å². The van der Waals surface area contributed by atoms with Crippen LogP contribution in [0.25, 0.3) is 11.5 Å². The zero-order valence-corrected chi connectivity index (χ0v) is 16.1. The number of carbonyl (C=O) groups is 2. The van der Waals surface area contributed by atoms with Crippen LogP contribution in [0.2, 0.25) is 0 Å². The zero-order chi connectivity index (χ0) is 22.2. The maximum atomic E-state index is 14.0. The van der Waals surface area contributed by atoms with E-state index in [1.54, 1.807) is 24.3 Å². The lowest BCUT2D eigenvalue weighted by Crippen LogP contribution is -2.55. The number of nitrogens with one attached hydrogen (secondary N) is 1. The van der Waals surface area contributed by atoms with Gasteiger partial charge in [0.05, 0.1) is 19.3 Å². The van der Waals surface area contributed by atoms with E-state index >= 15 is 0 Å². The maximum Gasteiger partial charge on any atom is 0.425 e. The van der Waals surface area contributed by atoms with Gasteiger partial charge in [-0.15, -0.1) is 0 Å². The Morgan fingerprint density at radius 3 is 2.39 bits per heavy atom. The molecule has 160 valence electrons. The topological polar surface area (TPSA) is 84.7 Å². The fourth-order valence-corrected chi connectivity index (χ4v) is 3.37. The molecule has 4 rings (SSSR count). The van der Waals surface area contributed by atoms with Crippen LogP contribution in [-0.2, 0) is 16.9 Å². The summed E-state index contributed by atoms with van der Waals surface area (Å²) in [5.74, 6) is -0.612. The first-order chi connectivity index (χ1) is 14.8. The van der Waals surface area contributed by atoms with Crippen molar-refractivity contribution in [1.82, 2.24) is 15.2 Å². The Hall–Kier alpha value is -3.82. The maximum absolute atomic E-state index is 14.0. The molecule has 1 aliphatic rings. The van der Waals surface area contributed by atoms with Crippen molar-refractivity contribution < 1.29 is 31.9 Å². The van der Waals surface area contributed by atoms with Crippen LogP contribution in [0.3, 0.4) is 0 Å². The summed E-state index contributed by atoms with van der Waals surface area (Å²) in [7, 11) is 1.52. The van der Waals surface area contributed by atoms with Crippen LogP contribution >= 0.6 is 0 Å². The highest BCUT2D eigenvalue weighted by atomic mass is 19.4. The van der Waals surface area contributed by atoms with E-state index in [1.807, 2.05) is 5.32 Å². The van der Waals surface area contributed by atoms with Gasteiger partial charge >= 0.3 is 12.2 Å². The molecule has 1 aromatic heterocycles. The van der Waals surface area contributed by atoms with Crippen LogP contribution in [0.1, 0.15) is 11.3 Å². The molecule has 0 saturated carbocycles. The number of aromatic nitrogens is 1. The summed E-state index contributed by atoms with van der Waals surface area (Å²) in [6.45, 7) is -0.477. The molecule has 10 heteroatoms. The number of rotatable bonds is 5. The summed E-state index contributed by atoms with van der Waals surface area (Å²) in [5, 5.41) is 1.84. The molecule has 3 amide bonds. The molecule has 7 nitrogen and oxygen atoms in total. The lowest BCUT2D eigenvalue weighted by molar-refractivity contribution is -0.198. The van der Waals surface area contributed by atoms with Gasteiger partial charge in [-0.3, -0.25) is 9.69 Å². The van der Waals surface area contributed by atoms with Gasteiger partial charge in [0.25, 0.3) is 5.91 Å². The molecule has 1 fully saturated rings. The van der Waals surface area contributed by atoms with Gasteiger partial charge in [0.1, 0.15) is 12.0 Å². The third-order valence-corrected chi connectivity index (χ3v) is 4.95. The first-order valence-electron chi connectivity index (χ1n) is 9.11. The summed E-state index contributed by atoms with van der Waals surface area (Å²) in [6, 6.07) is 12.1. The van der Waals surface area contributed by atoms with E-state index in [0.717, 1.165) is 12.1 Å². The summed E-state index contributed by atoms with van der Waals surface area (Å²) >= 11 is 0. The summed E-state index contributed by atoms with van der Waals surface area (Å²) < 4.78 is 52.5. The number of benzene rings is 2. The number of oxazole rings is 1. The normalized spacial score (nSPS) is 18.9. The standard InChI is InChI=1S/C21H16F3N3O4/c1-30-16-9-7-13(8-10-16)17-25-15(12-31-17)11-27-18(28)20(21(22,23)24,26-19(27)29)14-5-3-2-4-6-14/h2-10,12H,11H2,1H3,(H,26,29). The zero-order valence-electron chi connectivity index (χ0n) is 16.1. The van der Waals surface area contributed by atoms with Crippen LogP contribution in [0.5, 0.6) is 5.75 Å². The largest absolute Gasteiger partial charge is 0.497 e. The minimum atomic E-state index is -5.05. The SMILES string of the molecule is COc1ccc(-c2nc(CN3C(=O)NC(c4ccccc4)(C(F)(F)F)C3=O)co2)cc1. The van der Waals surface area contributed by atoms with E-state index in [9.17, 15) is 22.8 Å². The number of alkyl halides is 3. The van der Waals surface area contributed by atoms with Crippen LogP contribution in [0.15, 0.2) is 65.3 Å². The molecule has 0 aliphatic carbocycles. The van der Waals surface area contributed by atoms with E-state index in [2.05, 4.69) is 4.98 Å². The predicted octanol–water partition coefficient (Wildman–Crippen LogP) is 3.86. The Balaban J connectivity index is 1.62. The Labute approximate surface area is 174 Å². The first kappa shape index (κ1) is 20.5. The summed E-state index contributed by atoms with van der Waals surface area (Å²) in [4.78, 5) is 30.0. The molecule has 2 aromatic carbocycles. The molecule has 1 aliphatic heterocycles. The Kier molecular flexibility index (Phi) is 4.92. The number of methoxy groups -OCH3 is 1. The number of ether oxygens (including phenoxy) is 1. The van der Waals surface area contributed by atoms with E-state index in [1.165, 1.54) is 31.6 Å². The van der Waals surface area contributed by atoms with Gasteiger partial charge in [0, 0.05) is 5.56 Å². The second-order valence-electron chi connectivity index (χ2n) is 6.81. The van der Waals surface area contributed by atoms with E-state index < -0.39 is 30.2 Å². The average molecular weight is 431 g/mol. The van der Waals surface area contributed by atoms with Gasteiger partial charge in [-0.05, 0) is 29.8 Å². The molecule has 0 bridgehead atoms. The third-order valence-electron chi connectivity index (χ3n) is 4.95. The van der Waals surface area contributed by atoms with Crippen molar-refractivity contribution in [1.29, 1.82) is 0 Å². The molecule has 0 radical (unpaired) electrons. The molecule has 2 heterocycles. The van der Waals surface area contributed by atoms with Crippen LogP contribution in [0, 0.1) is 0 Å². The Bertz CT molecular complexity index is 1110. The fraction of sp³-hybridized carbons (Fsp3) is 0.190. The van der Waals surface area contributed by atoms with Gasteiger partial charge in [-0.2, -0.15) is 13.2 Å². The quantitative estimate of drug-likeness (QED) is 0.621. The van der Waals surface area contributed by atoms with Crippen LogP contribution in [0.4, 0.5) is 18.0 Å². The van der Waals surface area contributed by atoms with E-state index in [0.29, 0.717) is 16.2 Å². The molecule has 31 heavy (non-hydrogen) atoms. The highest BCUT2D eigenvalue weighted by Crippen LogP contribution is 2.43. The second-order valence-corrected chi connectivity index (χ2v) is 6.81. The Morgan fingerprint density at radius 2 is 1.77 bits per heavy atom. The van der Waals surface area contributed by atoms with Gasteiger partial charge in [0.15, 0.2) is 0 Å². The lowest BCUT2D eigenvalue weighted by atomic mass is 9.89. The molecular formula is C21H16F3N3O4. The number of amides is 3. The van der Waals surface area contributed by atoms with Gasteiger partial charge < -0.3 is 14.5 Å². The van der Waals surface area contributed by atoms with Gasteiger partial charge in [-0.25, -0.2) is 9.78 Å². The molecule has 3 aromatic rings. The highest BCUT2D eigenvalue weighted by Gasteiger charge is 2.68. The third kappa shape index (κ3) is 3.39. The molecule has 1 unspecified atom stereocenters. The number of nitrogens with zero attached hydrogens (tertiary/aromatic N) is 2. The summed E-state index contributed by atoms with van der Waals surface area (Å²) in [6.07, 6.45) is -3.86. The van der Waals surface area contributed by atoms with Crippen LogP contribution < -0.4 is 10.1 Å². The molecule has 0 spiro atoms. The monoisotopic (exact) mass is 431 g/mol. The molecule has 1 saturated heterocycles. The van der Waals surface area contributed by atoms with Crippen molar-refractivity contribution in [3.63, 3.8) is 0 Å². The smallest absolute Gasteiger partial charge is 0.425 e. The highest BCUT2D eigenvalue weighted by molar-refractivity contribution is 6.08. The molecular weight excluding hydrogens is 415 g/mol. The predicted molar refractivity (Wildman–Crippen MR) is 102 cm³/mol. The van der Waals surface area contributed by atoms with Crippen molar-refractivity contribution in [2.45, 2.75) is 18.3 Å². The number of halogens is 3. The lowest BCUT2D eigenvalue weighted by Gasteiger charge is -2.29. The van der Waals surface area contributed by atoms with Gasteiger partial charge in [-0.1, -0.05) is 30.3 Å². The first-order valence-corrected chi connectivity index (χ1v) is 9.11. The Morgan fingerprint density at radius 1 is 1.10 bits per heavy atom. The van der Waals surface area contributed by atoms with Crippen molar-refractivity contribution in [2.24, 2.45) is 0 Å². The minimum absolute atomic E-state index is 0.125. The average Bonchev–Trinajstić information content (AvgIpc) is 3.33. The number of urea groups is 1. The van der Waals surface area contributed by atoms with Crippen molar-refractivity contribution in [2.75, 3.05) is 7.11 Å². The number of carbonyl (C=O) groups excluding carboxylic acids is 2. The number of hydrogen-bond donors (Lipinski definition) is 1. The second kappa shape index (κ2) is 7.46. The molecule has 1 atom stereocenters. The minimum Gasteiger partial charge on any atom is -0.497 e.